The molecule has 0 saturated carbocycles. The van der Waals surface area contributed by atoms with E-state index in [1.807, 2.05) is 48.5 Å². The minimum absolute atomic E-state index is 0.0157. The van der Waals surface area contributed by atoms with Crippen LogP contribution in [0.3, 0.4) is 0 Å². The minimum Gasteiger partial charge on any atom is -0.508 e. The second-order valence-corrected chi connectivity index (χ2v) is 10.2. The van der Waals surface area contributed by atoms with Crippen LogP contribution < -0.4 is 14.8 Å². The van der Waals surface area contributed by atoms with Gasteiger partial charge in [0.15, 0.2) is 0 Å². The number of hydrogen-bond acceptors (Lipinski definition) is 7. The molecule has 220 valence electrons. The molecule has 0 saturated heterocycles. The van der Waals surface area contributed by atoms with Gasteiger partial charge in [-0.1, -0.05) is 24.3 Å². The van der Waals surface area contributed by atoms with Gasteiger partial charge in [-0.05, 0) is 66.2 Å². The topological polar surface area (TPSA) is 147 Å². The SMILES string of the molecule is COc1cccc(-c2nc3ccc(C(=O)N[C@@H](Cc4c[nH]c5ccc(O)cc45)C(=O)O)cc3nc2-c2cccc(OC)c2)c1. The molecule has 0 aliphatic carbocycles. The molecule has 0 unspecified atom stereocenters. The van der Waals surface area contributed by atoms with E-state index >= 15 is 0 Å². The molecule has 0 radical (unpaired) electrons. The van der Waals surface area contributed by atoms with Crippen molar-refractivity contribution >= 4 is 33.8 Å². The number of carbonyl (C=O) groups excluding carboxylic acids is 1. The number of H-pyrrole nitrogens is 1. The summed E-state index contributed by atoms with van der Waals surface area (Å²) in [5.41, 5.74) is 5.42. The summed E-state index contributed by atoms with van der Waals surface area (Å²) < 4.78 is 10.9. The lowest BCUT2D eigenvalue weighted by atomic mass is 10.0. The number of phenols is 1. The molecule has 10 heteroatoms. The Labute approximate surface area is 251 Å². The van der Waals surface area contributed by atoms with Gasteiger partial charge >= 0.3 is 5.97 Å². The Bertz CT molecular complexity index is 2040. The molecule has 4 aromatic carbocycles. The van der Waals surface area contributed by atoms with Crippen molar-refractivity contribution in [1.29, 1.82) is 0 Å². The number of nitrogens with one attached hydrogen (secondary N) is 2. The number of hydrogen-bond donors (Lipinski definition) is 4. The van der Waals surface area contributed by atoms with E-state index in [1.54, 1.807) is 56.8 Å². The average Bonchev–Trinajstić information content (AvgIpc) is 3.44. The Hall–Kier alpha value is -5.90. The van der Waals surface area contributed by atoms with E-state index in [1.165, 1.54) is 0 Å². The third-order valence-electron chi connectivity index (χ3n) is 7.39. The molecule has 4 N–H and O–H groups in total. The van der Waals surface area contributed by atoms with E-state index in [4.69, 9.17) is 19.4 Å². The highest BCUT2D eigenvalue weighted by molar-refractivity contribution is 6.00. The maximum Gasteiger partial charge on any atom is 0.326 e. The molecule has 6 aromatic rings. The zero-order valence-corrected chi connectivity index (χ0v) is 23.9. The van der Waals surface area contributed by atoms with Crippen LogP contribution >= 0.6 is 0 Å². The first-order chi connectivity index (χ1) is 21.3. The van der Waals surface area contributed by atoms with Crippen molar-refractivity contribution in [1.82, 2.24) is 20.3 Å². The maximum atomic E-state index is 13.3. The predicted molar refractivity (Wildman–Crippen MR) is 166 cm³/mol. The molecule has 2 aromatic heterocycles. The van der Waals surface area contributed by atoms with Crippen LogP contribution in [0.4, 0.5) is 0 Å². The first-order valence-electron chi connectivity index (χ1n) is 13.8. The number of carbonyl (C=O) groups is 2. The molecule has 10 nitrogen and oxygen atoms in total. The van der Waals surface area contributed by atoms with E-state index in [2.05, 4.69) is 10.3 Å². The number of carboxylic acid groups (broad SMARTS) is 1. The Morgan fingerprint density at radius 1 is 0.841 bits per heavy atom. The van der Waals surface area contributed by atoms with Crippen LogP contribution in [-0.2, 0) is 11.2 Å². The summed E-state index contributed by atoms with van der Waals surface area (Å²) in [6.07, 6.45) is 1.69. The number of phenolic OH excluding ortho intramolecular Hbond substituents is 1. The predicted octanol–water partition coefficient (Wildman–Crippen LogP) is 5.59. The van der Waals surface area contributed by atoms with Crippen LogP contribution in [0.25, 0.3) is 44.5 Å². The van der Waals surface area contributed by atoms with Crippen molar-refractivity contribution in [2.75, 3.05) is 14.2 Å². The lowest BCUT2D eigenvalue weighted by molar-refractivity contribution is -0.139. The molecule has 1 amide bonds. The number of nitrogens with zero attached hydrogens (tertiary/aromatic N) is 2. The van der Waals surface area contributed by atoms with Crippen molar-refractivity contribution in [3.05, 3.63) is 102 Å². The van der Waals surface area contributed by atoms with Gasteiger partial charge in [0.25, 0.3) is 5.91 Å². The van der Waals surface area contributed by atoms with Crippen LogP contribution in [0, 0.1) is 0 Å². The largest absolute Gasteiger partial charge is 0.508 e. The molecule has 6 rings (SSSR count). The number of aromatic amines is 1. The van der Waals surface area contributed by atoms with Gasteiger partial charge in [-0.15, -0.1) is 0 Å². The van der Waals surface area contributed by atoms with Gasteiger partial charge in [0.05, 0.1) is 36.6 Å². The zero-order valence-electron chi connectivity index (χ0n) is 23.9. The summed E-state index contributed by atoms with van der Waals surface area (Å²) in [5.74, 6) is -0.362. The molecular weight excluding hydrogens is 560 g/mol. The smallest absolute Gasteiger partial charge is 0.326 e. The van der Waals surface area contributed by atoms with Gasteiger partial charge in [-0.25, -0.2) is 14.8 Å². The molecule has 0 bridgehead atoms. The number of methoxy groups -OCH3 is 2. The van der Waals surface area contributed by atoms with Gasteiger partial charge in [0.2, 0.25) is 0 Å². The van der Waals surface area contributed by atoms with E-state index in [9.17, 15) is 19.8 Å². The standard InChI is InChI=1S/C34H28N4O6/c1-43-24-7-3-5-19(13-24)31-32(20-6-4-8-25(14-20)44-2)37-29-15-21(9-11-28(29)36-31)33(40)38-30(34(41)42)16-22-18-35-27-12-10-23(39)17-26(22)27/h3-15,17-18,30,35,39H,16H2,1-2H3,(H,38,40)(H,41,42)/t30-/m0/s1. The minimum atomic E-state index is -1.21. The highest BCUT2D eigenvalue weighted by Crippen LogP contribution is 2.34. The van der Waals surface area contributed by atoms with Crippen molar-refractivity contribution in [3.63, 3.8) is 0 Å². The number of amides is 1. The van der Waals surface area contributed by atoms with Crippen LogP contribution in [0.1, 0.15) is 15.9 Å². The van der Waals surface area contributed by atoms with Gasteiger partial charge in [0, 0.05) is 40.2 Å². The lowest BCUT2D eigenvalue weighted by Gasteiger charge is -2.15. The monoisotopic (exact) mass is 588 g/mol. The Kier molecular flexibility index (Phi) is 7.55. The second kappa shape index (κ2) is 11.8. The van der Waals surface area contributed by atoms with Crippen molar-refractivity contribution < 1.29 is 29.3 Å². The summed E-state index contributed by atoms with van der Waals surface area (Å²) in [7, 11) is 3.19. The van der Waals surface area contributed by atoms with Crippen molar-refractivity contribution in [2.45, 2.75) is 12.5 Å². The van der Waals surface area contributed by atoms with E-state index < -0.39 is 17.9 Å². The number of rotatable bonds is 9. The van der Waals surface area contributed by atoms with Gasteiger partial charge in [0.1, 0.15) is 23.3 Å². The van der Waals surface area contributed by atoms with Crippen LogP contribution in [0.5, 0.6) is 17.2 Å². The van der Waals surface area contributed by atoms with Gasteiger partial charge in [-0.2, -0.15) is 0 Å². The first-order valence-corrected chi connectivity index (χ1v) is 13.8. The van der Waals surface area contributed by atoms with Gasteiger partial charge < -0.3 is 30.0 Å². The molecule has 44 heavy (non-hydrogen) atoms. The van der Waals surface area contributed by atoms with Crippen molar-refractivity contribution in [2.24, 2.45) is 0 Å². The van der Waals surface area contributed by atoms with E-state index in [0.717, 1.165) is 16.6 Å². The molecule has 0 aliphatic rings. The van der Waals surface area contributed by atoms with Gasteiger partial charge in [-0.3, -0.25) is 4.79 Å². The quantitative estimate of drug-likeness (QED) is 0.171. The second-order valence-electron chi connectivity index (χ2n) is 10.2. The Morgan fingerprint density at radius 2 is 1.50 bits per heavy atom. The number of carboxylic acids is 1. The Balaban J connectivity index is 1.36. The fourth-order valence-electron chi connectivity index (χ4n) is 5.14. The number of aromatic nitrogens is 3. The van der Waals surface area contributed by atoms with E-state index in [0.29, 0.717) is 44.9 Å². The summed E-state index contributed by atoms with van der Waals surface area (Å²) in [5, 5.41) is 23.1. The number of aliphatic carboxylic acids is 1. The maximum absolute atomic E-state index is 13.3. The molecule has 0 fully saturated rings. The van der Waals surface area contributed by atoms with E-state index in [-0.39, 0.29) is 17.7 Å². The summed E-state index contributed by atoms with van der Waals surface area (Å²) in [6.45, 7) is 0. The third kappa shape index (κ3) is 5.60. The molecule has 0 aliphatic heterocycles. The van der Waals surface area contributed by atoms with Crippen LogP contribution in [0.2, 0.25) is 0 Å². The highest BCUT2D eigenvalue weighted by Gasteiger charge is 2.23. The fourth-order valence-corrected chi connectivity index (χ4v) is 5.14. The van der Waals surface area contributed by atoms with Crippen LogP contribution in [-0.4, -0.2) is 57.3 Å². The first kappa shape index (κ1) is 28.2. The normalized spacial score (nSPS) is 11.8. The molecule has 0 spiro atoms. The third-order valence-corrected chi connectivity index (χ3v) is 7.39. The molecule has 1 atom stereocenters. The number of aromatic hydroxyl groups is 1. The van der Waals surface area contributed by atoms with Crippen molar-refractivity contribution in [3.8, 4) is 39.8 Å². The average molecular weight is 589 g/mol. The molecule has 2 heterocycles. The lowest BCUT2D eigenvalue weighted by Crippen LogP contribution is -2.42. The summed E-state index contributed by atoms with van der Waals surface area (Å²) >= 11 is 0. The highest BCUT2D eigenvalue weighted by atomic mass is 16.5. The summed E-state index contributed by atoms with van der Waals surface area (Å²) in [6, 6.07) is 23.5. The fraction of sp³-hybridized carbons (Fsp3) is 0.118. The number of benzene rings is 4. The summed E-state index contributed by atoms with van der Waals surface area (Å²) in [4.78, 5) is 38.4. The zero-order chi connectivity index (χ0) is 30.8. The molecular formula is C34H28N4O6. The number of fused-ring (bicyclic) bond motifs is 2. The number of ether oxygens (including phenoxy) is 2. The Morgan fingerprint density at radius 3 is 2.14 bits per heavy atom. The van der Waals surface area contributed by atoms with Crippen LogP contribution in [0.15, 0.2) is 91.1 Å².